The molecule has 2 heterocycles. The Kier molecular flexibility index (Phi) is 7.16. The predicted octanol–water partition coefficient (Wildman–Crippen LogP) is 5.96. The molecule has 3 aromatic rings. The third kappa shape index (κ3) is 5.77. The van der Waals surface area contributed by atoms with Gasteiger partial charge in [-0.15, -0.1) is 0 Å². The molecule has 0 amide bonds. The Bertz CT molecular complexity index is 1340. The molecule has 0 saturated heterocycles. The third-order valence-electron chi connectivity index (χ3n) is 5.56. The van der Waals surface area contributed by atoms with Gasteiger partial charge in [-0.1, -0.05) is 36.9 Å². The summed E-state index contributed by atoms with van der Waals surface area (Å²) in [7, 11) is 0. The summed E-state index contributed by atoms with van der Waals surface area (Å²) in [4.78, 5) is 19.9. The number of carboxylic acid groups (broad SMARTS) is 1. The number of anilines is 1. The zero-order valence-corrected chi connectivity index (χ0v) is 18.8. The fraction of sp³-hybridized carbons (Fsp3) is 0.192. The summed E-state index contributed by atoms with van der Waals surface area (Å²) in [6.07, 6.45) is 0.549. The normalized spacial score (nSPS) is 14.8. The Morgan fingerprint density at radius 3 is 2.72 bits per heavy atom. The number of ether oxygens (including phenoxy) is 1. The van der Waals surface area contributed by atoms with Gasteiger partial charge in [0.1, 0.15) is 18.5 Å². The highest BCUT2D eigenvalue weighted by Crippen LogP contribution is 2.35. The molecule has 0 bridgehead atoms. The third-order valence-corrected chi connectivity index (χ3v) is 5.56. The van der Waals surface area contributed by atoms with Gasteiger partial charge in [0.05, 0.1) is 24.1 Å². The highest BCUT2D eigenvalue weighted by molar-refractivity contribution is 5.94. The average Bonchev–Trinajstić information content (AvgIpc) is 2.83. The van der Waals surface area contributed by atoms with Crippen molar-refractivity contribution in [1.82, 2.24) is 4.98 Å². The van der Waals surface area contributed by atoms with Crippen molar-refractivity contribution in [2.24, 2.45) is 4.99 Å². The number of fused-ring (bicyclic) bond motifs is 1. The zero-order valence-electron chi connectivity index (χ0n) is 18.8. The maximum Gasteiger partial charge on any atom is 0.411 e. The lowest BCUT2D eigenvalue weighted by molar-refractivity contribution is -0.176. The van der Waals surface area contributed by atoms with Gasteiger partial charge < -0.3 is 15.2 Å². The topological polar surface area (TPSA) is 83.8 Å². The molecule has 0 unspecified atom stereocenters. The van der Waals surface area contributed by atoms with Crippen LogP contribution in [0.3, 0.4) is 0 Å². The van der Waals surface area contributed by atoms with Crippen LogP contribution in [0.15, 0.2) is 72.1 Å². The van der Waals surface area contributed by atoms with Crippen LogP contribution < -0.4 is 5.32 Å². The van der Waals surface area contributed by atoms with Gasteiger partial charge in [0.2, 0.25) is 0 Å². The van der Waals surface area contributed by atoms with E-state index in [2.05, 4.69) is 26.6 Å². The van der Waals surface area contributed by atoms with Crippen molar-refractivity contribution in [3.63, 3.8) is 0 Å². The van der Waals surface area contributed by atoms with Crippen molar-refractivity contribution in [1.29, 1.82) is 0 Å². The lowest BCUT2D eigenvalue weighted by atomic mass is 9.90. The van der Waals surface area contributed by atoms with Crippen LogP contribution in [0.2, 0.25) is 0 Å². The van der Waals surface area contributed by atoms with Gasteiger partial charge in [-0.3, -0.25) is 9.98 Å². The minimum atomic E-state index is -4.44. The highest BCUT2D eigenvalue weighted by atomic mass is 19.4. The van der Waals surface area contributed by atoms with Gasteiger partial charge in [0.25, 0.3) is 0 Å². The summed E-state index contributed by atoms with van der Waals surface area (Å²) in [5.41, 5.74) is 3.69. The summed E-state index contributed by atoms with van der Waals surface area (Å²) in [5, 5.41) is 12.4. The maximum atomic E-state index is 14.8. The van der Waals surface area contributed by atoms with E-state index in [9.17, 15) is 27.5 Å². The molecule has 0 radical (unpaired) electrons. The Balaban J connectivity index is 1.52. The molecule has 0 spiro atoms. The van der Waals surface area contributed by atoms with E-state index >= 15 is 0 Å². The van der Waals surface area contributed by atoms with Crippen molar-refractivity contribution in [2.75, 3.05) is 11.9 Å². The van der Waals surface area contributed by atoms with Crippen molar-refractivity contribution in [3.8, 4) is 11.1 Å². The van der Waals surface area contributed by atoms with Crippen LogP contribution in [0.1, 0.15) is 33.1 Å². The molecule has 1 aromatic heterocycles. The largest absolute Gasteiger partial charge is 0.478 e. The Morgan fingerprint density at radius 1 is 1.19 bits per heavy atom. The van der Waals surface area contributed by atoms with Gasteiger partial charge in [0, 0.05) is 30.1 Å². The SMILES string of the molecule is C=C(Nc1cnccc1C(=O)O)[C@@H]1N=CCc2cc(-c3ccc(COCC(F)(F)F)cc3F)ccc21. The summed E-state index contributed by atoms with van der Waals surface area (Å²) in [6, 6.07) is 10.4. The van der Waals surface area contributed by atoms with E-state index < -0.39 is 30.6 Å². The van der Waals surface area contributed by atoms with E-state index in [1.165, 1.54) is 30.6 Å². The number of benzene rings is 2. The molecule has 2 N–H and O–H groups in total. The molecule has 36 heavy (non-hydrogen) atoms. The molecular weight excluding hydrogens is 478 g/mol. The van der Waals surface area contributed by atoms with Gasteiger partial charge in [-0.25, -0.2) is 9.18 Å². The Morgan fingerprint density at radius 2 is 2.00 bits per heavy atom. The van der Waals surface area contributed by atoms with Gasteiger partial charge in [-0.05, 0) is 34.4 Å². The van der Waals surface area contributed by atoms with Crippen molar-refractivity contribution in [3.05, 3.63) is 95.2 Å². The lowest BCUT2D eigenvalue weighted by Crippen LogP contribution is -2.16. The number of alkyl halides is 3. The molecule has 1 atom stereocenters. The monoisotopic (exact) mass is 499 g/mol. The molecule has 6 nitrogen and oxygen atoms in total. The number of hydrogen-bond acceptors (Lipinski definition) is 5. The molecular formula is C26H21F4N3O3. The van der Waals surface area contributed by atoms with Crippen LogP contribution >= 0.6 is 0 Å². The second kappa shape index (κ2) is 10.3. The molecule has 1 aliphatic rings. The first-order valence-corrected chi connectivity index (χ1v) is 10.8. The average molecular weight is 499 g/mol. The minimum absolute atomic E-state index is 0.0456. The molecule has 2 aromatic carbocycles. The maximum absolute atomic E-state index is 14.8. The lowest BCUT2D eigenvalue weighted by Gasteiger charge is -2.24. The summed E-state index contributed by atoms with van der Waals surface area (Å²) >= 11 is 0. The van der Waals surface area contributed by atoms with E-state index in [4.69, 9.17) is 0 Å². The number of rotatable bonds is 8. The number of carbonyl (C=O) groups is 1. The summed E-state index contributed by atoms with van der Waals surface area (Å²) < 4.78 is 56.2. The number of aromatic carboxylic acids is 1. The van der Waals surface area contributed by atoms with Crippen molar-refractivity contribution >= 4 is 17.9 Å². The van der Waals surface area contributed by atoms with Gasteiger partial charge in [-0.2, -0.15) is 13.2 Å². The van der Waals surface area contributed by atoms with Gasteiger partial charge in [0.15, 0.2) is 0 Å². The van der Waals surface area contributed by atoms with Crippen LogP contribution in [-0.4, -0.2) is 35.1 Å². The molecule has 4 rings (SSSR count). The highest BCUT2D eigenvalue weighted by Gasteiger charge is 2.27. The quantitative estimate of drug-likeness (QED) is 0.374. The van der Waals surface area contributed by atoms with Crippen molar-refractivity contribution in [2.45, 2.75) is 25.2 Å². The smallest absolute Gasteiger partial charge is 0.411 e. The number of aliphatic imine (C=N–C) groups is 1. The number of aromatic nitrogens is 1. The van der Waals surface area contributed by atoms with E-state index in [0.717, 1.165) is 17.2 Å². The number of hydrogen-bond donors (Lipinski definition) is 2. The van der Waals surface area contributed by atoms with Gasteiger partial charge >= 0.3 is 12.1 Å². The Labute approximate surface area is 204 Å². The van der Waals surface area contributed by atoms with E-state index in [-0.39, 0.29) is 17.9 Å². The first-order valence-electron chi connectivity index (χ1n) is 10.8. The number of nitrogens with zero attached hydrogens (tertiary/aromatic N) is 2. The molecule has 0 fully saturated rings. The molecule has 1 aliphatic heterocycles. The van der Waals surface area contributed by atoms with E-state index in [1.54, 1.807) is 18.3 Å². The second-order valence-electron chi connectivity index (χ2n) is 8.15. The van der Waals surface area contributed by atoms with Crippen LogP contribution in [0.25, 0.3) is 11.1 Å². The van der Waals surface area contributed by atoms with E-state index in [1.807, 2.05) is 6.07 Å². The minimum Gasteiger partial charge on any atom is -0.478 e. The summed E-state index contributed by atoms with van der Waals surface area (Å²) in [6.45, 7) is 2.28. The van der Waals surface area contributed by atoms with Crippen LogP contribution in [-0.2, 0) is 17.8 Å². The van der Waals surface area contributed by atoms with Crippen LogP contribution in [0.4, 0.5) is 23.2 Å². The fourth-order valence-corrected chi connectivity index (χ4v) is 3.92. The second-order valence-corrected chi connectivity index (χ2v) is 8.15. The zero-order chi connectivity index (χ0) is 25.9. The number of pyridine rings is 1. The van der Waals surface area contributed by atoms with Crippen LogP contribution in [0, 0.1) is 5.82 Å². The molecule has 0 saturated carbocycles. The fourth-order valence-electron chi connectivity index (χ4n) is 3.92. The number of carboxylic acids is 1. The Hall–Kier alpha value is -4.05. The van der Waals surface area contributed by atoms with Crippen molar-refractivity contribution < 1.29 is 32.2 Å². The summed E-state index contributed by atoms with van der Waals surface area (Å²) in [5.74, 6) is -1.68. The number of halogens is 4. The molecule has 10 heteroatoms. The molecule has 186 valence electrons. The first-order chi connectivity index (χ1) is 17.1. The predicted molar refractivity (Wildman–Crippen MR) is 126 cm³/mol. The van der Waals surface area contributed by atoms with Crippen LogP contribution in [0.5, 0.6) is 0 Å². The number of nitrogens with one attached hydrogen (secondary N) is 1. The molecule has 0 aliphatic carbocycles. The standard InChI is InChI=1S/C26H21F4N3O3/c1-15(33-23-12-31-8-7-21(23)25(34)35)24-20-5-3-17(11-18(20)6-9-32-24)19-4-2-16(10-22(19)27)13-36-14-26(28,29)30/h2-5,7-12,24,33H,1,6,13-14H2,(H,34,35)/t24-/m0/s1. The first kappa shape index (κ1) is 25.1. The van der Waals surface area contributed by atoms with E-state index in [0.29, 0.717) is 28.8 Å².